The van der Waals surface area contributed by atoms with Gasteiger partial charge in [-0.1, -0.05) is 48.2 Å². The number of thioether (sulfide) groups is 1. The molecule has 5 nitrogen and oxygen atoms in total. The molecular formula is C17H20N4OS. The molecule has 0 unspecified atom stereocenters. The van der Waals surface area contributed by atoms with E-state index in [0.717, 1.165) is 23.1 Å². The normalized spacial score (nSPS) is 13.7. The number of nitrogens with one attached hydrogen (secondary N) is 1. The van der Waals surface area contributed by atoms with E-state index in [1.165, 1.54) is 24.6 Å². The first-order valence-corrected chi connectivity index (χ1v) is 8.75. The Bertz CT molecular complexity index is 679. The van der Waals surface area contributed by atoms with Gasteiger partial charge in [-0.15, -0.1) is 16.8 Å². The molecule has 1 fully saturated rings. The minimum atomic E-state index is 0.0521. The quantitative estimate of drug-likeness (QED) is 0.598. The van der Waals surface area contributed by atoms with Crippen LogP contribution < -0.4 is 5.32 Å². The Kier molecular flexibility index (Phi) is 5.12. The summed E-state index contributed by atoms with van der Waals surface area (Å²) in [5, 5.41) is 12.2. The highest BCUT2D eigenvalue weighted by molar-refractivity contribution is 7.99. The van der Waals surface area contributed by atoms with Crippen molar-refractivity contribution < 1.29 is 4.79 Å². The van der Waals surface area contributed by atoms with E-state index >= 15 is 0 Å². The first-order chi connectivity index (χ1) is 11.3. The summed E-state index contributed by atoms with van der Waals surface area (Å²) in [5.74, 6) is 1.90. The van der Waals surface area contributed by atoms with Gasteiger partial charge in [0.2, 0.25) is 5.91 Å². The number of amides is 1. The Hall–Kier alpha value is -2.08. The van der Waals surface area contributed by atoms with Gasteiger partial charge in [0, 0.05) is 18.7 Å². The number of carbonyl (C=O) groups is 1. The second-order valence-electron chi connectivity index (χ2n) is 5.61. The molecule has 1 heterocycles. The lowest BCUT2D eigenvalue weighted by Crippen LogP contribution is -2.27. The summed E-state index contributed by atoms with van der Waals surface area (Å²) < 4.78 is 1.99. The van der Waals surface area contributed by atoms with E-state index in [0.29, 0.717) is 18.2 Å². The van der Waals surface area contributed by atoms with Crippen LogP contribution in [0.15, 0.2) is 48.1 Å². The third-order valence-corrected chi connectivity index (χ3v) is 4.64. The fourth-order valence-corrected chi connectivity index (χ4v) is 3.03. The van der Waals surface area contributed by atoms with Crippen molar-refractivity contribution in [3.8, 4) is 11.4 Å². The SMILES string of the molecule is C=CCn1c(SCC(=O)NCC2CC2)nnc1-c1ccccc1. The number of allylic oxidation sites excluding steroid dienone is 1. The summed E-state index contributed by atoms with van der Waals surface area (Å²) in [6.45, 7) is 5.21. The predicted octanol–water partition coefficient (Wildman–Crippen LogP) is 2.75. The number of hydrogen-bond acceptors (Lipinski definition) is 4. The van der Waals surface area contributed by atoms with Crippen molar-refractivity contribution in [1.29, 1.82) is 0 Å². The summed E-state index contributed by atoms with van der Waals surface area (Å²) in [6.07, 6.45) is 4.29. The van der Waals surface area contributed by atoms with Gasteiger partial charge in [-0.3, -0.25) is 9.36 Å². The lowest BCUT2D eigenvalue weighted by molar-refractivity contribution is -0.118. The van der Waals surface area contributed by atoms with Crippen molar-refractivity contribution >= 4 is 17.7 Å². The van der Waals surface area contributed by atoms with Crippen LogP contribution in [0.2, 0.25) is 0 Å². The highest BCUT2D eigenvalue weighted by atomic mass is 32.2. The van der Waals surface area contributed by atoms with Crippen molar-refractivity contribution in [2.45, 2.75) is 24.5 Å². The number of hydrogen-bond donors (Lipinski definition) is 1. The van der Waals surface area contributed by atoms with E-state index in [2.05, 4.69) is 22.1 Å². The maximum atomic E-state index is 11.9. The molecule has 1 aliphatic rings. The van der Waals surface area contributed by atoms with Gasteiger partial charge >= 0.3 is 0 Å². The van der Waals surface area contributed by atoms with Crippen LogP contribution in [0.25, 0.3) is 11.4 Å². The van der Waals surface area contributed by atoms with E-state index in [9.17, 15) is 4.79 Å². The third kappa shape index (κ3) is 4.22. The molecule has 0 spiro atoms. The fraction of sp³-hybridized carbons (Fsp3) is 0.353. The number of rotatable bonds is 8. The van der Waals surface area contributed by atoms with Crippen molar-refractivity contribution in [1.82, 2.24) is 20.1 Å². The molecule has 1 aromatic carbocycles. The second-order valence-corrected chi connectivity index (χ2v) is 6.55. The zero-order valence-electron chi connectivity index (χ0n) is 12.9. The van der Waals surface area contributed by atoms with Gasteiger partial charge in [-0.2, -0.15) is 0 Å². The number of carbonyl (C=O) groups excluding carboxylic acids is 1. The standard InChI is InChI=1S/C17H20N4OS/c1-2-10-21-16(14-6-4-3-5-7-14)19-20-17(21)23-12-15(22)18-11-13-8-9-13/h2-7,13H,1,8-12H2,(H,18,22). The molecule has 23 heavy (non-hydrogen) atoms. The van der Waals surface area contributed by atoms with Crippen LogP contribution in [0.4, 0.5) is 0 Å². The molecule has 0 aliphatic heterocycles. The van der Waals surface area contributed by atoms with Crippen LogP contribution in [-0.2, 0) is 11.3 Å². The van der Waals surface area contributed by atoms with Gasteiger partial charge in [0.15, 0.2) is 11.0 Å². The molecule has 1 N–H and O–H groups in total. The second kappa shape index (κ2) is 7.46. The largest absolute Gasteiger partial charge is 0.355 e. The van der Waals surface area contributed by atoms with Crippen LogP contribution in [0.1, 0.15) is 12.8 Å². The average Bonchev–Trinajstić information content (AvgIpc) is 3.33. The van der Waals surface area contributed by atoms with Crippen molar-refractivity contribution in [2.24, 2.45) is 5.92 Å². The number of benzene rings is 1. The Labute approximate surface area is 140 Å². The lowest BCUT2D eigenvalue weighted by Gasteiger charge is -2.08. The molecular weight excluding hydrogens is 308 g/mol. The van der Waals surface area contributed by atoms with Crippen molar-refractivity contribution in [3.05, 3.63) is 43.0 Å². The van der Waals surface area contributed by atoms with Gasteiger partial charge < -0.3 is 5.32 Å². The Morgan fingerprint density at radius 1 is 1.35 bits per heavy atom. The van der Waals surface area contributed by atoms with Gasteiger partial charge in [0.05, 0.1) is 5.75 Å². The van der Waals surface area contributed by atoms with Gasteiger partial charge in [-0.05, 0) is 18.8 Å². The summed E-state index contributed by atoms with van der Waals surface area (Å²) in [5.41, 5.74) is 1.01. The van der Waals surface area contributed by atoms with Crippen molar-refractivity contribution in [3.63, 3.8) is 0 Å². The molecule has 0 bridgehead atoms. The van der Waals surface area contributed by atoms with Crippen LogP contribution in [0.5, 0.6) is 0 Å². The summed E-state index contributed by atoms with van der Waals surface area (Å²) in [7, 11) is 0. The van der Waals surface area contributed by atoms with Crippen LogP contribution in [0, 0.1) is 5.92 Å². The maximum Gasteiger partial charge on any atom is 0.230 e. The molecule has 2 aromatic rings. The molecule has 0 radical (unpaired) electrons. The Morgan fingerprint density at radius 3 is 2.83 bits per heavy atom. The zero-order valence-corrected chi connectivity index (χ0v) is 13.8. The molecule has 6 heteroatoms. The molecule has 120 valence electrons. The van der Waals surface area contributed by atoms with E-state index in [1.54, 1.807) is 0 Å². The van der Waals surface area contributed by atoms with E-state index in [1.807, 2.05) is 41.0 Å². The molecule has 1 amide bonds. The molecule has 0 saturated heterocycles. The predicted molar refractivity (Wildman–Crippen MR) is 92.1 cm³/mol. The molecule has 0 atom stereocenters. The number of nitrogens with zero attached hydrogens (tertiary/aromatic N) is 3. The number of aromatic nitrogens is 3. The minimum Gasteiger partial charge on any atom is -0.355 e. The summed E-state index contributed by atoms with van der Waals surface area (Å²) in [6, 6.07) is 9.92. The molecule has 1 saturated carbocycles. The Balaban J connectivity index is 1.67. The minimum absolute atomic E-state index is 0.0521. The van der Waals surface area contributed by atoms with E-state index in [4.69, 9.17) is 0 Å². The summed E-state index contributed by atoms with van der Waals surface area (Å²) >= 11 is 1.41. The van der Waals surface area contributed by atoms with Crippen LogP contribution >= 0.6 is 11.8 Å². The fourth-order valence-electron chi connectivity index (χ4n) is 2.25. The zero-order chi connectivity index (χ0) is 16.1. The van der Waals surface area contributed by atoms with Gasteiger partial charge in [0.25, 0.3) is 0 Å². The lowest BCUT2D eigenvalue weighted by atomic mass is 10.2. The Morgan fingerprint density at radius 2 is 2.13 bits per heavy atom. The highest BCUT2D eigenvalue weighted by Crippen LogP contribution is 2.28. The van der Waals surface area contributed by atoms with Gasteiger partial charge in [0.1, 0.15) is 0 Å². The first-order valence-electron chi connectivity index (χ1n) is 7.77. The highest BCUT2D eigenvalue weighted by Gasteiger charge is 2.22. The van der Waals surface area contributed by atoms with E-state index < -0.39 is 0 Å². The van der Waals surface area contributed by atoms with Crippen LogP contribution in [-0.4, -0.2) is 33.0 Å². The third-order valence-electron chi connectivity index (χ3n) is 3.68. The average molecular weight is 328 g/mol. The summed E-state index contributed by atoms with van der Waals surface area (Å²) in [4.78, 5) is 11.9. The van der Waals surface area contributed by atoms with Crippen LogP contribution in [0.3, 0.4) is 0 Å². The van der Waals surface area contributed by atoms with Gasteiger partial charge in [-0.25, -0.2) is 0 Å². The van der Waals surface area contributed by atoms with E-state index in [-0.39, 0.29) is 5.91 Å². The monoisotopic (exact) mass is 328 g/mol. The molecule has 3 rings (SSSR count). The first kappa shape index (κ1) is 15.8. The maximum absolute atomic E-state index is 11.9. The smallest absolute Gasteiger partial charge is 0.230 e. The molecule has 1 aliphatic carbocycles. The topological polar surface area (TPSA) is 59.8 Å². The van der Waals surface area contributed by atoms with Crippen molar-refractivity contribution in [2.75, 3.05) is 12.3 Å². The molecule has 1 aromatic heterocycles.